The molecule has 6 heteroatoms. The van der Waals surface area contributed by atoms with Gasteiger partial charge in [-0.15, -0.1) is 24.8 Å². The minimum atomic E-state index is -0.341. The van der Waals surface area contributed by atoms with Crippen molar-refractivity contribution in [1.82, 2.24) is 10.2 Å². The molecule has 0 aromatic carbocycles. The highest BCUT2D eigenvalue weighted by Gasteiger charge is 2.10. The molecule has 0 spiro atoms. The molecular weight excluding hydrogens is 237 g/mol. The number of carbonyl (C=O) groups is 1. The predicted molar refractivity (Wildman–Crippen MR) is 68.9 cm³/mol. The molecule has 0 aliphatic heterocycles. The van der Waals surface area contributed by atoms with Gasteiger partial charge in [-0.3, -0.25) is 4.79 Å². The Bertz CT molecular complexity index is 156. The Morgan fingerprint density at radius 2 is 1.93 bits per heavy atom. The number of halogens is 2. The molecule has 0 rings (SSSR count). The molecule has 0 saturated carbocycles. The van der Waals surface area contributed by atoms with Gasteiger partial charge >= 0.3 is 0 Å². The third-order valence-electron chi connectivity index (χ3n) is 1.79. The van der Waals surface area contributed by atoms with Gasteiger partial charge in [0, 0.05) is 13.1 Å². The number of carbonyl (C=O) groups excluding carboxylic acids is 1. The molecule has 0 aromatic heterocycles. The fourth-order valence-corrected chi connectivity index (χ4v) is 0.976. The molecule has 15 heavy (non-hydrogen) atoms. The van der Waals surface area contributed by atoms with Crippen molar-refractivity contribution in [3.05, 3.63) is 0 Å². The van der Waals surface area contributed by atoms with Crippen molar-refractivity contribution in [3.8, 4) is 0 Å². The summed E-state index contributed by atoms with van der Waals surface area (Å²) in [6.45, 7) is 3.54. The first-order valence-corrected chi connectivity index (χ1v) is 4.76. The van der Waals surface area contributed by atoms with E-state index in [0.29, 0.717) is 6.54 Å². The minimum absolute atomic E-state index is 0. The van der Waals surface area contributed by atoms with Crippen LogP contribution in [0.4, 0.5) is 0 Å². The maximum absolute atomic E-state index is 11.3. The fraction of sp³-hybridized carbons (Fsp3) is 0.889. The van der Waals surface area contributed by atoms with Crippen LogP contribution in [0, 0.1) is 0 Å². The fourth-order valence-electron chi connectivity index (χ4n) is 0.976. The lowest BCUT2D eigenvalue weighted by Crippen LogP contribution is -2.42. The van der Waals surface area contributed by atoms with Crippen molar-refractivity contribution < 1.29 is 4.79 Å². The first-order chi connectivity index (χ1) is 6.07. The molecule has 0 heterocycles. The van der Waals surface area contributed by atoms with Crippen molar-refractivity contribution in [1.29, 1.82) is 0 Å². The number of hydrogen-bond donors (Lipinski definition) is 2. The Morgan fingerprint density at radius 1 is 1.40 bits per heavy atom. The van der Waals surface area contributed by atoms with Gasteiger partial charge in [0.05, 0.1) is 6.04 Å². The molecule has 94 valence electrons. The molecule has 1 atom stereocenters. The van der Waals surface area contributed by atoms with Crippen molar-refractivity contribution in [2.45, 2.75) is 25.8 Å². The predicted octanol–water partition coefficient (Wildman–Crippen LogP) is 0.635. The van der Waals surface area contributed by atoms with E-state index in [9.17, 15) is 4.79 Å². The van der Waals surface area contributed by atoms with Gasteiger partial charge in [0.1, 0.15) is 0 Å². The van der Waals surface area contributed by atoms with E-state index < -0.39 is 0 Å². The Hall–Kier alpha value is -0.0300. The van der Waals surface area contributed by atoms with Crippen LogP contribution in [-0.2, 0) is 4.79 Å². The molecule has 0 aliphatic rings. The van der Waals surface area contributed by atoms with Crippen LogP contribution in [0.15, 0.2) is 0 Å². The minimum Gasteiger partial charge on any atom is -0.353 e. The molecule has 0 fully saturated rings. The molecule has 0 saturated heterocycles. The smallest absolute Gasteiger partial charge is 0.236 e. The summed E-state index contributed by atoms with van der Waals surface area (Å²) in [5.74, 6) is -0.0382. The van der Waals surface area contributed by atoms with Gasteiger partial charge < -0.3 is 16.0 Å². The van der Waals surface area contributed by atoms with E-state index >= 15 is 0 Å². The number of hydrogen-bond acceptors (Lipinski definition) is 3. The van der Waals surface area contributed by atoms with Crippen LogP contribution in [0.25, 0.3) is 0 Å². The normalized spacial score (nSPS) is 11.3. The third-order valence-corrected chi connectivity index (χ3v) is 1.79. The topological polar surface area (TPSA) is 58.4 Å². The molecule has 3 N–H and O–H groups in total. The average molecular weight is 260 g/mol. The molecule has 0 unspecified atom stereocenters. The second-order valence-electron chi connectivity index (χ2n) is 3.49. The van der Waals surface area contributed by atoms with Gasteiger partial charge in [0.25, 0.3) is 0 Å². The van der Waals surface area contributed by atoms with E-state index in [-0.39, 0.29) is 36.8 Å². The largest absolute Gasteiger partial charge is 0.353 e. The van der Waals surface area contributed by atoms with Crippen LogP contribution >= 0.6 is 24.8 Å². The Morgan fingerprint density at radius 3 is 2.33 bits per heavy atom. The molecular formula is C9H23Cl2N3O. The van der Waals surface area contributed by atoms with Crippen LogP contribution in [-0.4, -0.2) is 44.0 Å². The monoisotopic (exact) mass is 259 g/mol. The summed E-state index contributed by atoms with van der Waals surface area (Å²) in [5.41, 5.74) is 5.62. The van der Waals surface area contributed by atoms with Crippen molar-refractivity contribution in [2.75, 3.05) is 27.2 Å². The van der Waals surface area contributed by atoms with Crippen LogP contribution < -0.4 is 11.1 Å². The lowest BCUT2D eigenvalue weighted by molar-refractivity contribution is -0.122. The summed E-state index contributed by atoms with van der Waals surface area (Å²) in [5, 5.41) is 2.79. The number of rotatable bonds is 6. The molecule has 1 amide bonds. The summed E-state index contributed by atoms with van der Waals surface area (Å²) in [7, 11) is 3.94. The first kappa shape index (κ1) is 20.4. The van der Waals surface area contributed by atoms with Gasteiger partial charge in [-0.2, -0.15) is 0 Å². The van der Waals surface area contributed by atoms with Crippen LogP contribution in [0.2, 0.25) is 0 Å². The van der Waals surface area contributed by atoms with E-state index in [2.05, 4.69) is 5.32 Å². The summed E-state index contributed by atoms with van der Waals surface area (Å²) in [6.07, 6.45) is 1.70. The van der Waals surface area contributed by atoms with Crippen LogP contribution in [0.3, 0.4) is 0 Å². The standard InChI is InChI=1S/C9H21N3O.2ClH/c1-4-5-8(10)9(13)11-6-7-12(2)3;;/h8H,4-7,10H2,1-3H3,(H,11,13);2*1H/t8-;;/m0../s1. The summed E-state index contributed by atoms with van der Waals surface area (Å²) in [6, 6.07) is -0.341. The highest BCUT2D eigenvalue weighted by atomic mass is 35.5. The summed E-state index contributed by atoms with van der Waals surface area (Å²) < 4.78 is 0. The average Bonchev–Trinajstić information content (AvgIpc) is 2.04. The second-order valence-corrected chi connectivity index (χ2v) is 3.49. The number of amides is 1. The lowest BCUT2D eigenvalue weighted by atomic mass is 10.2. The Balaban J connectivity index is -0.000000720. The van der Waals surface area contributed by atoms with Crippen molar-refractivity contribution in [3.63, 3.8) is 0 Å². The highest BCUT2D eigenvalue weighted by Crippen LogP contribution is 1.92. The first-order valence-electron chi connectivity index (χ1n) is 4.76. The van der Waals surface area contributed by atoms with Gasteiger partial charge in [-0.25, -0.2) is 0 Å². The molecule has 0 bridgehead atoms. The van der Waals surface area contributed by atoms with E-state index in [1.54, 1.807) is 0 Å². The van der Waals surface area contributed by atoms with Gasteiger partial charge in [0.2, 0.25) is 5.91 Å². The zero-order valence-electron chi connectivity index (χ0n) is 9.66. The van der Waals surface area contributed by atoms with Crippen molar-refractivity contribution in [2.24, 2.45) is 5.73 Å². The summed E-state index contributed by atoms with van der Waals surface area (Å²) >= 11 is 0. The van der Waals surface area contributed by atoms with E-state index in [1.165, 1.54) is 0 Å². The van der Waals surface area contributed by atoms with E-state index in [1.807, 2.05) is 25.9 Å². The SMILES string of the molecule is CCC[C@H](N)C(=O)NCCN(C)C.Cl.Cl. The number of nitrogens with one attached hydrogen (secondary N) is 1. The van der Waals surface area contributed by atoms with Crippen LogP contribution in [0.1, 0.15) is 19.8 Å². The lowest BCUT2D eigenvalue weighted by Gasteiger charge is -2.13. The molecule has 0 radical (unpaired) electrons. The maximum Gasteiger partial charge on any atom is 0.236 e. The third kappa shape index (κ3) is 11.9. The summed E-state index contributed by atoms with van der Waals surface area (Å²) in [4.78, 5) is 13.3. The number of nitrogens with two attached hydrogens (primary N) is 1. The highest BCUT2D eigenvalue weighted by molar-refractivity contribution is 5.85. The maximum atomic E-state index is 11.3. The zero-order chi connectivity index (χ0) is 10.3. The van der Waals surface area contributed by atoms with Gasteiger partial charge in [-0.1, -0.05) is 13.3 Å². The van der Waals surface area contributed by atoms with Crippen molar-refractivity contribution >= 4 is 30.7 Å². The molecule has 4 nitrogen and oxygen atoms in total. The zero-order valence-corrected chi connectivity index (χ0v) is 11.3. The Labute approximate surface area is 105 Å². The van der Waals surface area contributed by atoms with E-state index in [0.717, 1.165) is 19.4 Å². The van der Waals surface area contributed by atoms with Gasteiger partial charge in [0.15, 0.2) is 0 Å². The Kier molecular flexibility index (Phi) is 16.4. The van der Waals surface area contributed by atoms with Gasteiger partial charge in [-0.05, 0) is 20.5 Å². The quantitative estimate of drug-likeness (QED) is 0.736. The van der Waals surface area contributed by atoms with E-state index in [4.69, 9.17) is 5.73 Å². The molecule has 0 aromatic rings. The molecule has 0 aliphatic carbocycles. The second kappa shape index (κ2) is 12.0. The number of likely N-dealkylation sites (N-methyl/N-ethyl adjacent to an activating group) is 1. The number of nitrogens with zero attached hydrogens (tertiary/aromatic N) is 1. The van der Waals surface area contributed by atoms with Crippen LogP contribution in [0.5, 0.6) is 0 Å².